The molecule has 0 atom stereocenters. The van der Waals surface area contributed by atoms with Crippen molar-refractivity contribution in [1.82, 2.24) is 0 Å². The van der Waals surface area contributed by atoms with Crippen LogP contribution in [0, 0.1) is 21.4 Å². The van der Waals surface area contributed by atoms with Gasteiger partial charge in [0.2, 0.25) is 0 Å². The summed E-state index contributed by atoms with van der Waals surface area (Å²) in [6.07, 6.45) is 0.769. The third-order valence-corrected chi connectivity index (χ3v) is 2.55. The number of anilines is 1. The van der Waals surface area contributed by atoms with Gasteiger partial charge in [-0.3, -0.25) is 10.1 Å². The highest BCUT2D eigenvalue weighted by Gasteiger charge is 2.09. The average Bonchev–Trinajstić information content (AvgIpc) is 2.46. The number of benzene rings is 1. The van der Waals surface area contributed by atoms with E-state index in [0.29, 0.717) is 32.1 Å². The lowest BCUT2D eigenvalue weighted by Crippen LogP contribution is -2.09. The third kappa shape index (κ3) is 5.22. The van der Waals surface area contributed by atoms with E-state index in [1.807, 2.05) is 6.07 Å². The summed E-state index contributed by atoms with van der Waals surface area (Å²) in [5, 5.41) is 22.7. The molecule has 108 valence electrons. The molecule has 1 N–H and O–H groups in total. The molecule has 0 fully saturated rings. The zero-order valence-corrected chi connectivity index (χ0v) is 11.3. The Bertz CT molecular complexity index is 485. The Hall–Kier alpha value is -2.17. The molecule has 0 aliphatic heterocycles. The number of nitrogens with zero attached hydrogens (tertiary/aromatic N) is 2. The molecule has 0 heterocycles. The Morgan fingerprint density at radius 2 is 2.20 bits per heavy atom. The van der Waals surface area contributed by atoms with Gasteiger partial charge < -0.3 is 14.8 Å². The molecule has 0 unspecified atom stereocenters. The van der Waals surface area contributed by atoms with Crippen LogP contribution in [0.3, 0.4) is 0 Å². The number of non-ortho nitro benzene ring substituents is 1. The van der Waals surface area contributed by atoms with Gasteiger partial charge in [0.05, 0.1) is 29.4 Å². The van der Waals surface area contributed by atoms with Gasteiger partial charge in [-0.15, -0.1) is 0 Å². The molecular weight excluding hydrogens is 262 g/mol. The first kappa shape index (κ1) is 15.9. The molecule has 0 aliphatic carbocycles. The van der Waals surface area contributed by atoms with E-state index in [9.17, 15) is 10.1 Å². The zero-order chi connectivity index (χ0) is 14.8. The van der Waals surface area contributed by atoms with Crippen LogP contribution in [0.1, 0.15) is 12.0 Å². The van der Waals surface area contributed by atoms with E-state index in [1.54, 1.807) is 13.2 Å². The minimum absolute atomic E-state index is 0.0880. The molecule has 0 amide bonds. The van der Waals surface area contributed by atoms with Crippen LogP contribution in [-0.2, 0) is 9.47 Å². The summed E-state index contributed by atoms with van der Waals surface area (Å²) in [6.45, 7) is 2.33. The highest BCUT2D eigenvalue weighted by Crippen LogP contribution is 2.21. The molecule has 1 rings (SSSR count). The average molecular weight is 279 g/mol. The summed E-state index contributed by atoms with van der Waals surface area (Å²) >= 11 is 0. The number of nitriles is 1. The second kappa shape index (κ2) is 8.85. The fourth-order valence-corrected chi connectivity index (χ4v) is 1.53. The van der Waals surface area contributed by atoms with E-state index in [0.717, 1.165) is 6.42 Å². The van der Waals surface area contributed by atoms with Crippen LogP contribution in [-0.4, -0.2) is 38.4 Å². The lowest BCUT2D eigenvalue weighted by Gasteiger charge is -2.08. The van der Waals surface area contributed by atoms with Crippen molar-refractivity contribution in [3.8, 4) is 6.07 Å². The molecule has 0 bridgehead atoms. The Morgan fingerprint density at radius 3 is 2.85 bits per heavy atom. The largest absolute Gasteiger partial charge is 0.384 e. The highest BCUT2D eigenvalue weighted by atomic mass is 16.6. The van der Waals surface area contributed by atoms with Gasteiger partial charge in [0.25, 0.3) is 5.69 Å². The molecule has 1 aromatic rings. The minimum atomic E-state index is -0.520. The highest BCUT2D eigenvalue weighted by molar-refractivity contribution is 5.61. The molecule has 7 heteroatoms. The molecule has 0 aliphatic rings. The molecular formula is C13H17N3O4. The van der Waals surface area contributed by atoms with Gasteiger partial charge in [-0.2, -0.15) is 5.26 Å². The van der Waals surface area contributed by atoms with E-state index in [2.05, 4.69) is 5.32 Å². The zero-order valence-electron chi connectivity index (χ0n) is 11.3. The standard InChI is InChI=1S/C13H17N3O4/c1-19-7-8-20-6-2-5-15-13-4-3-12(16(17)18)9-11(13)10-14/h3-4,9,15H,2,5-8H2,1H3. The van der Waals surface area contributed by atoms with Gasteiger partial charge in [-0.05, 0) is 12.5 Å². The summed E-state index contributed by atoms with van der Waals surface area (Å²) in [6, 6.07) is 6.12. The first-order valence-electron chi connectivity index (χ1n) is 6.18. The number of hydrogen-bond donors (Lipinski definition) is 1. The maximum atomic E-state index is 10.6. The van der Waals surface area contributed by atoms with Crippen LogP contribution < -0.4 is 5.32 Å². The van der Waals surface area contributed by atoms with Crippen molar-refractivity contribution in [1.29, 1.82) is 5.26 Å². The fourth-order valence-electron chi connectivity index (χ4n) is 1.53. The first-order chi connectivity index (χ1) is 9.69. The molecule has 0 spiro atoms. The predicted octanol–water partition coefficient (Wildman–Crippen LogP) is 1.93. The van der Waals surface area contributed by atoms with E-state index in [4.69, 9.17) is 14.7 Å². The number of nitro groups is 1. The van der Waals surface area contributed by atoms with Crippen molar-refractivity contribution in [3.63, 3.8) is 0 Å². The van der Waals surface area contributed by atoms with Gasteiger partial charge in [-0.1, -0.05) is 0 Å². The molecule has 7 nitrogen and oxygen atoms in total. The SMILES string of the molecule is COCCOCCCNc1ccc([N+](=O)[O-])cc1C#N. The number of nitrogens with one attached hydrogen (secondary N) is 1. The molecule has 0 radical (unpaired) electrons. The summed E-state index contributed by atoms with van der Waals surface area (Å²) in [4.78, 5) is 10.1. The van der Waals surface area contributed by atoms with Gasteiger partial charge in [-0.25, -0.2) is 0 Å². The van der Waals surface area contributed by atoms with Crippen molar-refractivity contribution in [3.05, 3.63) is 33.9 Å². The van der Waals surface area contributed by atoms with Crippen LogP contribution >= 0.6 is 0 Å². The molecule has 1 aromatic carbocycles. The van der Waals surface area contributed by atoms with Gasteiger partial charge in [0.15, 0.2) is 0 Å². The molecule has 0 aromatic heterocycles. The number of rotatable bonds is 9. The van der Waals surface area contributed by atoms with E-state index in [-0.39, 0.29) is 11.3 Å². The van der Waals surface area contributed by atoms with Crippen LogP contribution in [0.5, 0.6) is 0 Å². The number of methoxy groups -OCH3 is 1. The van der Waals surface area contributed by atoms with Gasteiger partial charge >= 0.3 is 0 Å². The third-order valence-electron chi connectivity index (χ3n) is 2.55. The Labute approximate surface area is 117 Å². The monoisotopic (exact) mass is 279 g/mol. The van der Waals surface area contributed by atoms with Crippen molar-refractivity contribution in [2.45, 2.75) is 6.42 Å². The Kier molecular flexibility index (Phi) is 7.03. The maximum absolute atomic E-state index is 10.6. The lowest BCUT2D eigenvalue weighted by atomic mass is 10.1. The van der Waals surface area contributed by atoms with E-state index < -0.39 is 4.92 Å². The van der Waals surface area contributed by atoms with Gasteiger partial charge in [0, 0.05) is 32.4 Å². The van der Waals surface area contributed by atoms with Crippen LogP contribution in [0.4, 0.5) is 11.4 Å². The number of hydrogen-bond acceptors (Lipinski definition) is 6. The second-order valence-corrected chi connectivity index (χ2v) is 3.98. The van der Waals surface area contributed by atoms with Crippen molar-refractivity contribution in [2.75, 3.05) is 38.8 Å². The predicted molar refractivity (Wildman–Crippen MR) is 73.6 cm³/mol. The van der Waals surface area contributed by atoms with E-state index in [1.165, 1.54) is 12.1 Å². The summed E-state index contributed by atoms with van der Waals surface area (Å²) in [5.74, 6) is 0. The molecule has 0 saturated heterocycles. The lowest BCUT2D eigenvalue weighted by molar-refractivity contribution is -0.384. The Balaban J connectivity index is 2.40. The second-order valence-electron chi connectivity index (χ2n) is 3.98. The van der Waals surface area contributed by atoms with Crippen LogP contribution in [0.2, 0.25) is 0 Å². The topological polar surface area (TPSA) is 97.4 Å². The first-order valence-corrected chi connectivity index (χ1v) is 6.18. The summed E-state index contributed by atoms with van der Waals surface area (Å²) in [5.41, 5.74) is 0.768. The molecule has 0 saturated carbocycles. The normalized spacial score (nSPS) is 10.0. The van der Waals surface area contributed by atoms with Crippen molar-refractivity contribution in [2.24, 2.45) is 0 Å². The number of nitro benzene ring substituents is 1. The Morgan fingerprint density at radius 1 is 1.40 bits per heavy atom. The van der Waals surface area contributed by atoms with Crippen molar-refractivity contribution < 1.29 is 14.4 Å². The van der Waals surface area contributed by atoms with Crippen LogP contribution in [0.25, 0.3) is 0 Å². The van der Waals surface area contributed by atoms with E-state index >= 15 is 0 Å². The minimum Gasteiger partial charge on any atom is -0.384 e. The van der Waals surface area contributed by atoms with Crippen LogP contribution in [0.15, 0.2) is 18.2 Å². The fraction of sp³-hybridized carbons (Fsp3) is 0.462. The summed E-state index contributed by atoms with van der Waals surface area (Å²) in [7, 11) is 1.61. The molecule has 20 heavy (non-hydrogen) atoms. The quantitative estimate of drug-likeness (QED) is 0.421. The van der Waals surface area contributed by atoms with Crippen molar-refractivity contribution >= 4 is 11.4 Å². The smallest absolute Gasteiger partial charge is 0.270 e. The number of ether oxygens (including phenoxy) is 2. The maximum Gasteiger partial charge on any atom is 0.270 e. The van der Waals surface area contributed by atoms with Gasteiger partial charge in [0.1, 0.15) is 6.07 Å². The summed E-state index contributed by atoms with van der Waals surface area (Å²) < 4.78 is 10.1.